The van der Waals surface area contributed by atoms with Gasteiger partial charge in [-0.25, -0.2) is 0 Å². The van der Waals surface area contributed by atoms with Crippen molar-refractivity contribution in [3.8, 4) is 0 Å². The predicted octanol–water partition coefficient (Wildman–Crippen LogP) is 2.23. The van der Waals surface area contributed by atoms with Crippen LogP contribution in [0, 0.1) is 3.57 Å². The van der Waals surface area contributed by atoms with Gasteiger partial charge in [-0.05, 0) is 53.3 Å². The van der Waals surface area contributed by atoms with Crippen molar-refractivity contribution >= 4 is 34.4 Å². The molecule has 0 fully saturated rings. The van der Waals surface area contributed by atoms with Crippen LogP contribution in [-0.2, 0) is 4.79 Å². The molecule has 0 radical (unpaired) electrons. The molecule has 0 aliphatic heterocycles. The molecule has 1 aromatic carbocycles. The molecule has 19 heavy (non-hydrogen) atoms. The minimum atomic E-state index is -0.0894. The standard InChI is InChI=1S/C14H19IN2O2/c1-4-9-17(10-13(18)16(2)3)14(19)11-5-7-12(15)8-6-11/h5-8H,4,9-10H2,1-3H3. The van der Waals surface area contributed by atoms with Gasteiger partial charge < -0.3 is 9.80 Å². The highest BCUT2D eigenvalue weighted by atomic mass is 127. The van der Waals surface area contributed by atoms with E-state index < -0.39 is 0 Å². The maximum absolute atomic E-state index is 12.4. The molecule has 0 unspecified atom stereocenters. The summed E-state index contributed by atoms with van der Waals surface area (Å²) in [7, 11) is 3.39. The molecule has 2 amide bonds. The number of benzene rings is 1. The molecular weight excluding hydrogens is 355 g/mol. The number of nitrogens with zero attached hydrogens (tertiary/aromatic N) is 2. The fraction of sp³-hybridized carbons (Fsp3) is 0.429. The Morgan fingerprint density at radius 1 is 1.16 bits per heavy atom. The Kier molecular flexibility index (Phi) is 6.27. The molecule has 1 rings (SSSR count). The van der Waals surface area contributed by atoms with Crippen LogP contribution in [-0.4, -0.2) is 48.8 Å². The summed E-state index contributed by atoms with van der Waals surface area (Å²) in [5, 5.41) is 0. The normalized spacial score (nSPS) is 10.1. The number of hydrogen-bond donors (Lipinski definition) is 0. The van der Waals surface area contributed by atoms with Crippen LogP contribution in [0.3, 0.4) is 0 Å². The fourth-order valence-electron chi connectivity index (χ4n) is 1.60. The minimum Gasteiger partial charge on any atom is -0.347 e. The Labute approximate surface area is 127 Å². The van der Waals surface area contributed by atoms with Crippen molar-refractivity contribution in [1.29, 1.82) is 0 Å². The lowest BCUT2D eigenvalue weighted by Crippen LogP contribution is -2.40. The lowest BCUT2D eigenvalue weighted by atomic mass is 10.2. The van der Waals surface area contributed by atoms with Crippen LogP contribution in [0.15, 0.2) is 24.3 Å². The Morgan fingerprint density at radius 2 is 1.74 bits per heavy atom. The van der Waals surface area contributed by atoms with E-state index in [1.54, 1.807) is 31.1 Å². The van der Waals surface area contributed by atoms with Gasteiger partial charge in [0, 0.05) is 29.8 Å². The predicted molar refractivity (Wildman–Crippen MR) is 84.0 cm³/mol. The Hall–Kier alpha value is -1.11. The summed E-state index contributed by atoms with van der Waals surface area (Å²) < 4.78 is 1.08. The molecule has 1 aromatic rings. The van der Waals surface area contributed by atoms with Crippen molar-refractivity contribution in [2.75, 3.05) is 27.2 Å². The summed E-state index contributed by atoms with van der Waals surface area (Å²) >= 11 is 2.20. The van der Waals surface area contributed by atoms with Crippen molar-refractivity contribution in [1.82, 2.24) is 9.80 Å². The SMILES string of the molecule is CCCN(CC(=O)N(C)C)C(=O)c1ccc(I)cc1. The number of rotatable bonds is 5. The molecule has 0 heterocycles. The smallest absolute Gasteiger partial charge is 0.254 e. The second-order valence-electron chi connectivity index (χ2n) is 4.52. The molecule has 0 aliphatic carbocycles. The average molecular weight is 374 g/mol. The van der Waals surface area contributed by atoms with E-state index >= 15 is 0 Å². The van der Waals surface area contributed by atoms with Crippen LogP contribution in [0.2, 0.25) is 0 Å². The summed E-state index contributed by atoms with van der Waals surface area (Å²) in [5.74, 6) is -0.152. The summed E-state index contributed by atoms with van der Waals surface area (Å²) in [5.41, 5.74) is 0.625. The molecule has 0 atom stereocenters. The number of amides is 2. The van der Waals surface area contributed by atoms with Crippen LogP contribution < -0.4 is 0 Å². The molecule has 0 spiro atoms. The second kappa shape index (κ2) is 7.47. The van der Waals surface area contributed by atoms with E-state index in [-0.39, 0.29) is 18.4 Å². The molecule has 0 aromatic heterocycles. The van der Waals surface area contributed by atoms with Crippen molar-refractivity contribution in [2.45, 2.75) is 13.3 Å². The minimum absolute atomic E-state index is 0.0627. The van der Waals surface area contributed by atoms with Gasteiger partial charge in [-0.1, -0.05) is 6.92 Å². The van der Waals surface area contributed by atoms with Crippen molar-refractivity contribution < 1.29 is 9.59 Å². The first-order valence-electron chi connectivity index (χ1n) is 6.20. The van der Waals surface area contributed by atoms with E-state index in [9.17, 15) is 9.59 Å². The van der Waals surface area contributed by atoms with Gasteiger partial charge in [-0.2, -0.15) is 0 Å². The second-order valence-corrected chi connectivity index (χ2v) is 5.77. The third kappa shape index (κ3) is 4.81. The molecule has 0 N–H and O–H groups in total. The molecular formula is C14H19IN2O2. The van der Waals surface area contributed by atoms with Crippen LogP contribution in [0.5, 0.6) is 0 Å². The van der Waals surface area contributed by atoms with E-state index in [0.29, 0.717) is 12.1 Å². The quantitative estimate of drug-likeness (QED) is 0.742. The maximum atomic E-state index is 12.4. The van der Waals surface area contributed by atoms with Gasteiger partial charge >= 0.3 is 0 Å². The Bertz CT molecular complexity index is 443. The zero-order chi connectivity index (χ0) is 14.4. The van der Waals surface area contributed by atoms with Gasteiger partial charge in [0.05, 0.1) is 0 Å². The molecule has 0 aliphatic rings. The van der Waals surface area contributed by atoms with E-state index in [2.05, 4.69) is 22.6 Å². The highest BCUT2D eigenvalue weighted by Gasteiger charge is 2.18. The first-order chi connectivity index (χ1) is 8.95. The molecule has 0 saturated heterocycles. The van der Waals surface area contributed by atoms with Gasteiger partial charge in [0.1, 0.15) is 6.54 Å². The van der Waals surface area contributed by atoms with Crippen LogP contribution in [0.4, 0.5) is 0 Å². The number of carbonyl (C=O) groups is 2. The van der Waals surface area contributed by atoms with Crippen LogP contribution in [0.25, 0.3) is 0 Å². The van der Waals surface area contributed by atoms with Crippen molar-refractivity contribution in [2.24, 2.45) is 0 Å². The first-order valence-corrected chi connectivity index (χ1v) is 7.28. The number of halogens is 1. The van der Waals surface area contributed by atoms with E-state index in [0.717, 1.165) is 9.99 Å². The van der Waals surface area contributed by atoms with Gasteiger partial charge in [-0.3, -0.25) is 9.59 Å². The molecule has 104 valence electrons. The average Bonchev–Trinajstić information content (AvgIpc) is 2.38. The summed E-state index contributed by atoms with van der Waals surface area (Å²) in [4.78, 5) is 27.2. The van der Waals surface area contributed by atoms with Crippen molar-refractivity contribution in [3.63, 3.8) is 0 Å². The van der Waals surface area contributed by atoms with Gasteiger partial charge in [0.2, 0.25) is 5.91 Å². The lowest BCUT2D eigenvalue weighted by Gasteiger charge is -2.23. The number of hydrogen-bond acceptors (Lipinski definition) is 2. The largest absolute Gasteiger partial charge is 0.347 e. The maximum Gasteiger partial charge on any atom is 0.254 e. The monoisotopic (exact) mass is 374 g/mol. The Morgan fingerprint density at radius 3 is 2.21 bits per heavy atom. The zero-order valence-electron chi connectivity index (χ0n) is 11.5. The van der Waals surface area contributed by atoms with Crippen LogP contribution >= 0.6 is 22.6 Å². The molecule has 0 bridgehead atoms. The Balaban J connectivity index is 2.83. The fourth-order valence-corrected chi connectivity index (χ4v) is 1.96. The highest BCUT2D eigenvalue weighted by Crippen LogP contribution is 2.10. The van der Waals surface area contributed by atoms with Gasteiger partial charge in [-0.15, -0.1) is 0 Å². The topological polar surface area (TPSA) is 40.6 Å². The zero-order valence-corrected chi connectivity index (χ0v) is 13.7. The number of carbonyl (C=O) groups excluding carboxylic acids is 2. The van der Waals surface area contributed by atoms with Gasteiger partial charge in [0.15, 0.2) is 0 Å². The summed E-state index contributed by atoms with van der Waals surface area (Å²) in [6, 6.07) is 7.39. The van der Waals surface area contributed by atoms with E-state index in [4.69, 9.17) is 0 Å². The third-order valence-electron chi connectivity index (χ3n) is 2.70. The number of likely N-dealkylation sites (N-methyl/N-ethyl adjacent to an activating group) is 1. The van der Waals surface area contributed by atoms with Crippen molar-refractivity contribution in [3.05, 3.63) is 33.4 Å². The van der Waals surface area contributed by atoms with Crippen LogP contribution in [0.1, 0.15) is 23.7 Å². The van der Waals surface area contributed by atoms with E-state index in [1.165, 1.54) is 4.90 Å². The molecule has 4 nitrogen and oxygen atoms in total. The summed E-state index contributed by atoms with van der Waals surface area (Å²) in [6.45, 7) is 2.71. The summed E-state index contributed by atoms with van der Waals surface area (Å²) in [6.07, 6.45) is 0.830. The molecule has 5 heteroatoms. The molecule has 0 saturated carbocycles. The third-order valence-corrected chi connectivity index (χ3v) is 3.42. The van der Waals surface area contributed by atoms with Gasteiger partial charge in [0.25, 0.3) is 5.91 Å². The first kappa shape index (κ1) is 15.9. The highest BCUT2D eigenvalue weighted by molar-refractivity contribution is 14.1. The van der Waals surface area contributed by atoms with E-state index in [1.807, 2.05) is 19.1 Å². The lowest BCUT2D eigenvalue weighted by molar-refractivity contribution is -0.129.